The minimum absolute atomic E-state index is 0.105. The highest BCUT2D eigenvalue weighted by Crippen LogP contribution is 2.33. The van der Waals surface area contributed by atoms with Crippen LogP contribution in [-0.2, 0) is 10.0 Å². The van der Waals surface area contributed by atoms with Crippen molar-refractivity contribution in [1.82, 2.24) is 14.3 Å². The van der Waals surface area contributed by atoms with E-state index in [0.29, 0.717) is 31.5 Å². The first-order chi connectivity index (χ1) is 10.5. The molecule has 1 aromatic heterocycles. The molecule has 3 rings (SSSR count). The Labute approximate surface area is 132 Å². The van der Waals surface area contributed by atoms with Crippen LogP contribution in [0.4, 0.5) is 0 Å². The third-order valence-corrected chi connectivity index (χ3v) is 7.02. The summed E-state index contributed by atoms with van der Waals surface area (Å²) in [6.07, 6.45) is 4.89. The summed E-state index contributed by atoms with van der Waals surface area (Å²) in [7, 11) is -3.02. The molecule has 22 heavy (non-hydrogen) atoms. The first kappa shape index (κ1) is 15.7. The van der Waals surface area contributed by atoms with Crippen LogP contribution in [0.5, 0.6) is 5.88 Å². The summed E-state index contributed by atoms with van der Waals surface area (Å²) in [6.45, 7) is 5.72. The number of sulfonamides is 1. The standard InChI is InChI=1S/C15H23N3O3S/c1-11-12(2)16-10-17-15(11)21-9-13-5-7-18(8-6-13)22(19,20)14-3-4-14/h10,13-14H,3-9H2,1-2H3. The number of piperidine rings is 1. The normalized spacial score (nSPS) is 21.0. The van der Waals surface area contributed by atoms with Gasteiger partial charge in [0.2, 0.25) is 15.9 Å². The predicted octanol–water partition coefficient (Wildman–Crippen LogP) is 1.68. The smallest absolute Gasteiger partial charge is 0.219 e. The van der Waals surface area contributed by atoms with Gasteiger partial charge in [-0.05, 0) is 45.4 Å². The van der Waals surface area contributed by atoms with Gasteiger partial charge in [0.15, 0.2) is 0 Å². The average molecular weight is 325 g/mol. The molecule has 2 fully saturated rings. The van der Waals surface area contributed by atoms with E-state index in [1.165, 1.54) is 6.33 Å². The number of aromatic nitrogens is 2. The molecule has 122 valence electrons. The Morgan fingerprint density at radius 3 is 2.50 bits per heavy atom. The first-order valence-corrected chi connectivity index (χ1v) is 9.38. The molecule has 0 N–H and O–H groups in total. The molecule has 1 aliphatic carbocycles. The molecular formula is C15H23N3O3S. The van der Waals surface area contributed by atoms with E-state index in [-0.39, 0.29) is 5.25 Å². The minimum Gasteiger partial charge on any atom is -0.477 e. The molecule has 0 aromatic carbocycles. The van der Waals surface area contributed by atoms with Crippen LogP contribution in [0, 0.1) is 19.8 Å². The van der Waals surface area contributed by atoms with Crippen LogP contribution in [0.1, 0.15) is 36.9 Å². The fourth-order valence-electron chi connectivity index (χ4n) is 2.77. The summed E-state index contributed by atoms with van der Waals surface area (Å²) in [5.41, 5.74) is 1.89. The summed E-state index contributed by atoms with van der Waals surface area (Å²) in [4.78, 5) is 8.30. The van der Waals surface area contributed by atoms with Gasteiger partial charge in [0.25, 0.3) is 0 Å². The maximum atomic E-state index is 12.2. The van der Waals surface area contributed by atoms with Crippen LogP contribution >= 0.6 is 0 Å². The molecule has 2 aliphatic rings. The van der Waals surface area contributed by atoms with Crippen molar-refractivity contribution in [2.45, 2.75) is 44.8 Å². The van der Waals surface area contributed by atoms with Crippen molar-refractivity contribution in [3.63, 3.8) is 0 Å². The maximum absolute atomic E-state index is 12.2. The number of hydrogen-bond donors (Lipinski definition) is 0. The van der Waals surface area contributed by atoms with Gasteiger partial charge in [0, 0.05) is 24.3 Å². The predicted molar refractivity (Wildman–Crippen MR) is 83.2 cm³/mol. The van der Waals surface area contributed by atoms with Crippen molar-refractivity contribution in [3.8, 4) is 5.88 Å². The largest absolute Gasteiger partial charge is 0.477 e. The maximum Gasteiger partial charge on any atom is 0.219 e. The Morgan fingerprint density at radius 1 is 1.18 bits per heavy atom. The van der Waals surface area contributed by atoms with E-state index < -0.39 is 10.0 Å². The SMILES string of the molecule is Cc1ncnc(OCC2CCN(S(=O)(=O)C3CC3)CC2)c1C. The van der Waals surface area contributed by atoms with E-state index in [4.69, 9.17) is 4.74 Å². The molecule has 2 heterocycles. The van der Waals surface area contributed by atoms with Gasteiger partial charge in [-0.3, -0.25) is 0 Å². The van der Waals surface area contributed by atoms with Crippen LogP contribution in [0.2, 0.25) is 0 Å². The lowest BCUT2D eigenvalue weighted by Gasteiger charge is -2.31. The van der Waals surface area contributed by atoms with Gasteiger partial charge in [-0.2, -0.15) is 0 Å². The summed E-state index contributed by atoms with van der Waals surface area (Å²) in [5.74, 6) is 1.03. The van der Waals surface area contributed by atoms with E-state index >= 15 is 0 Å². The van der Waals surface area contributed by atoms with Crippen LogP contribution in [0.3, 0.4) is 0 Å². The third kappa shape index (κ3) is 3.25. The topological polar surface area (TPSA) is 72.4 Å². The molecule has 1 aromatic rings. The Morgan fingerprint density at radius 2 is 1.86 bits per heavy atom. The van der Waals surface area contributed by atoms with E-state index in [1.54, 1.807) is 4.31 Å². The lowest BCUT2D eigenvalue weighted by atomic mass is 9.99. The lowest BCUT2D eigenvalue weighted by molar-refractivity contribution is 0.180. The van der Waals surface area contributed by atoms with Crippen molar-refractivity contribution < 1.29 is 13.2 Å². The fourth-order valence-corrected chi connectivity index (χ4v) is 4.64. The Bertz CT molecular complexity index is 635. The molecule has 0 atom stereocenters. The van der Waals surface area contributed by atoms with Crippen LogP contribution < -0.4 is 4.74 Å². The van der Waals surface area contributed by atoms with E-state index in [0.717, 1.165) is 36.9 Å². The highest BCUT2D eigenvalue weighted by atomic mass is 32.2. The molecule has 1 saturated carbocycles. The average Bonchev–Trinajstić information content (AvgIpc) is 3.34. The highest BCUT2D eigenvalue weighted by Gasteiger charge is 2.41. The molecular weight excluding hydrogens is 302 g/mol. The van der Waals surface area contributed by atoms with Crippen molar-refractivity contribution in [2.75, 3.05) is 19.7 Å². The quantitative estimate of drug-likeness (QED) is 0.823. The number of nitrogens with zero attached hydrogens (tertiary/aromatic N) is 3. The summed E-state index contributed by atoms with van der Waals surface area (Å²) < 4.78 is 31.9. The van der Waals surface area contributed by atoms with Crippen molar-refractivity contribution in [1.29, 1.82) is 0 Å². The van der Waals surface area contributed by atoms with Gasteiger partial charge in [-0.1, -0.05) is 0 Å². The lowest BCUT2D eigenvalue weighted by Crippen LogP contribution is -2.41. The van der Waals surface area contributed by atoms with Crippen molar-refractivity contribution in [3.05, 3.63) is 17.6 Å². The monoisotopic (exact) mass is 325 g/mol. The Kier molecular flexibility index (Phi) is 4.36. The Hall–Kier alpha value is -1.21. The van der Waals surface area contributed by atoms with Crippen LogP contribution in [-0.4, -0.2) is 47.6 Å². The highest BCUT2D eigenvalue weighted by molar-refractivity contribution is 7.90. The van der Waals surface area contributed by atoms with Crippen LogP contribution in [0.25, 0.3) is 0 Å². The first-order valence-electron chi connectivity index (χ1n) is 7.88. The van der Waals surface area contributed by atoms with Crippen molar-refractivity contribution >= 4 is 10.0 Å². The van der Waals surface area contributed by atoms with Gasteiger partial charge >= 0.3 is 0 Å². The molecule has 0 unspecified atom stereocenters. The summed E-state index contributed by atoms with van der Waals surface area (Å²) >= 11 is 0. The molecule has 0 bridgehead atoms. The zero-order valence-corrected chi connectivity index (χ0v) is 14.0. The second-order valence-corrected chi connectivity index (χ2v) is 8.50. The van der Waals surface area contributed by atoms with Gasteiger partial charge in [-0.25, -0.2) is 22.7 Å². The Balaban J connectivity index is 1.51. The minimum atomic E-state index is -3.02. The summed E-state index contributed by atoms with van der Waals surface area (Å²) in [6, 6.07) is 0. The third-order valence-electron chi connectivity index (χ3n) is 4.62. The van der Waals surface area contributed by atoms with E-state index in [1.807, 2.05) is 13.8 Å². The van der Waals surface area contributed by atoms with Crippen molar-refractivity contribution in [2.24, 2.45) is 5.92 Å². The zero-order valence-electron chi connectivity index (χ0n) is 13.2. The molecule has 7 heteroatoms. The molecule has 6 nitrogen and oxygen atoms in total. The van der Waals surface area contributed by atoms with E-state index in [2.05, 4.69) is 9.97 Å². The molecule has 1 saturated heterocycles. The molecule has 0 amide bonds. The van der Waals surface area contributed by atoms with Crippen LogP contribution in [0.15, 0.2) is 6.33 Å². The zero-order chi connectivity index (χ0) is 15.7. The fraction of sp³-hybridized carbons (Fsp3) is 0.733. The van der Waals surface area contributed by atoms with E-state index in [9.17, 15) is 8.42 Å². The number of hydrogen-bond acceptors (Lipinski definition) is 5. The second kappa shape index (κ2) is 6.12. The van der Waals surface area contributed by atoms with Gasteiger partial charge in [-0.15, -0.1) is 0 Å². The molecule has 0 radical (unpaired) electrons. The molecule has 1 aliphatic heterocycles. The van der Waals surface area contributed by atoms with Gasteiger partial charge < -0.3 is 4.74 Å². The number of ether oxygens (including phenoxy) is 1. The van der Waals surface area contributed by atoms with Gasteiger partial charge in [0.1, 0.15) is 6.33 Å². The number of rotatable bonds is 5. The molecule has 0 spiro atoms. The number of aryl methyl sites for hydroxylation is 1. The second-order valence-electron chi connectivity index (χ2n) is 6.29. The summed E-state index contributed by atoms with van der Waals surface area (Å²) in [5, 5.41) is -0.105. The van der Waals surface area contributed by atoms with Gasteiger partial charge in [0.05, 0.1) is 11.9 Å².